The van der Waals surface area contributed by atoms with E-state index in [0.717, 1.165) is 5.69 Å². The molecule has 0 atom stereocenters. The first-order valence-corrected chi connectivity index (χ1v) is 6.72. The van der Waals surface area contributed by atoms with Crippen LogP contribution in [0.2, 0.25) is 0 Å². The van der Waals surface area contributed by atoms with Gasteiger partial charge < -0.3 is 10.1 Å². The van der Waals surface area contributed by atoms with Crippen molar-refractivity contribution in [2.75, 3.05) is 23.4 Å². The van der Waals surface area contributed by atoms with Gasteiger partial charge in [-0.15, -0.1) is 11.8 Å². The van der Waals surface area contributed by atoms with Crippen LogP contribution in [0.3, 0.4) is 0 Å². The molecule has 0 fully saturated rings. The molecule has 0 bridgehead atoms. The zero-order valence-corrected chi connectivity index (χ0v) is 11.5. The number of hydrogen-bond acceptors (Lipinski definition) is 5. The molecule has 100 valence electrons. The van der Waals surface area contributed by atoms with E-state index in [1.807, 2.05) is 6.92 Å². The zero-order chi connectivity index (χ0) is 13.5. The monoisotopic (exact) mass is 271 g/mol. The SMILES string of the molecule is CCOC(=O)CSCC(=O)Nc1cc(C)nn1C. The van der Waals surface area contributed by atoms with Gasteiger partial charge in [-0.05, 0) is 13.8 Å². The minimum atomic E-state index is -0.299. The molecule has 0 aliphatic heterocycles. The maximum absolute atomic E-state index is 11.6. The summed E-state index contributed by atoms with van der Waals surface area (Å²) in [5.74, 6) is 0.586. The van der Waals surface area contributed by atoms with Gasteiger partial charge in [-0.3, -0.25) is 14.3 Å². The van der Waals surface area contributed by atoms with Crippen molar-refractivity contribution in [1.29, 1.82) is 0 Å². The van der Waals surface area contributed by atoms with Crippen molar-refractivity contribution in [1.82, 2.24) is 9.78 Å². The lowest BCUT2D eigenvalue weighted by atomic mass is 10.4. The predicted molar refractivity (Wildman–Crippen MR) is 70.5 cm³/mol. The second-order valence-electron chi connectivity index (χ2n) is 3.64. The first kappa shape index (κ1) is 14.6. The van der Waals surface area contributed by atoms with Crippen molar-refractivity contribution < 1.29 is 14.3 Å². The molecule has 0 saturated heterocycles. The summed E-state index contributed by atoms with van der Waals surface area (Å²) in [4.78, 5) is 22.6. The van der Waals surface area contributed by atoms with E-state index in [0.29, 0.717) is 12.4 Å². The molecule has 0 aliphatic carbocycles. The highest BCUT2D eigenvalue weighted by molar-refractivity contribution is 8.00. The van der Waals surface area contributed by atoms with E-state index in [1.54, 1.807) is 24.7 Å². The van der Waals surface area contributed by atoms with Gasteiger partial charge in [0.2, 0.25) is 5.91 Å². The summed E-state index contributed by atoms with van der Waals surface area (Å²) in [5, 5.41) is 6.84. The molecule has 0 aromatic carbocycles. The largest absolute Gasteiger partial charge is 0.465 e. The maximum Gasteiger partial charge on any atom is 0.315 e. The highest BCUT2D eigenvalue weighted by Crippen LogP contribution is 2.09. The summed E-state index contributed by atoms with van der Waals surface area (Å²) < 4.78 is 6.36. The van der Waals surface area contributed by atoms with E-state index in [9.17, 15) is 9.59 Å². The molecule has 0 spiro atoms. The first-order valence-electron chi connectivity index (χ1n) is 5.56. The van der Waals surface area contributed by atoms with Gasteiger partial charge in [0.1, 0.15) is 5.82 Å². The Morgan fingerprint density at radius 3 is 2.78 bits per heavy atom. The molecular formula is C11H17N3O3S. The Morgan fingerprint density at radius 2 is 2.22 bits per heavy atom. The van der Waals surface area contributed by atoms with Crippen LogP contribution in [0.25, 0.3) is 0 Å². The Kier molecular flexibility index (Phi) is 5.70. The van der Waals surface area contributed by atoms with Crippen LogP contribution in [0.5, 0.6) is 0 Å². The van der Waals surface area contributed by atoms with Gasteiger partial charge in [-0.2, -0.15) is 5.10 Å². The van der Waals surface area contributed by atoms with Crippen molar-refractivity contribution in [3.63, 3.8) is 0 Å². The summed E-state index contributed by atoms with van der Waals surface area (Å²) in [6.45, 7) is 3.96. The minimum Gasteiger partial charge on any atom is -0.465 e. The third-order valence-corrected chi connectivity index (χ3v) is 2.93. The Hall–Kier alpha value is -1.50. The quantitative estimate of drug-likeness (QED) is 0.780. The van der Waals surface area contributed by atoms with E-state index in [-0.39, 0.29) is 23.4 Å². The number of hydrogen-bond donors (Lipinski definition) is 1. The van der Waals surface area contributed by atoms with Crippen molar-refractivity contribution in [3.8, 4) is 0 Å². The molecule has 0 unspecified atom stereocenters. The lowest BCUT2D eigenvalue weighted by Gasteiger charge is -2.04. The van der Waals surface area contributed by atoms with Gasteiger partial charge in [-0.25, -0.2) is 0 Å². The molecule has 7 heteroatoms. The standard InChI is InChI=1S/C11H17N3O3S/c1-4-17-11(16)7-18-6-10(15)12-9-5-8(2)13-14(9)3/h5H,4,6-7H2,1-3H3,(H,12,15). The van der Waals surface area contributed by atoms with Gasteiger partial charge in [0.15, 0.2) is 0 Å². The first-order chi connectivity index (χ1) is 8.52. The summed E-state index contributed by atoms with van der Waals surface area (Å²) in [5.41, 5.74) is 0.840. The number of esters is 1. The van der Waals surface area contributed by atoms with Crippen molar-refractivity contribution in [2.24, 2.45) is 7.05 Å². The van der Waals surface area contributed by atoms with Crippen LogP contribution in [-0.2, 0) is 21.4 Å². The zero-order valence-electron chi connectivity index (χ0n) is 10.7. The predicted octanol–water partition coefficient (Wildman–Crippen LogP) is 0.963. The van der Waals surface area contributed by atoms with Crippen molar-refractivity contribution >= 4 is 29.5 Å². The molecule has 1 N–H and O–H groups in total. The molecule has 0 saturated carbocycles. The smallest absolute Gasteiger partial charge is 0.315 e. The molecular weight excluding hydrogens is 254 g/mol. The number of rotatable bonds is 6. The third-order valence-electron chi connectivity index (χ3n) is 2.03. The number of ether oxygens (including phenoxy) is 1. The lowest BCUT2D eigenvalue weighted by Crippen LogP contribution is -2.18. The number of amides is 1. The molecule has 1 rings (SSSR count). The van der Waals surface area contributed by atoms with Gasteiger partial charge >= 0.3 is 5.97 Å². The molecule has 0 aliphatic rings. The Balaban J connectivity index is 2.30. The van der Waals surface area contributed by atoms with E-state index in [1.165, 1.54) is 11.8 Å². The number of aryl methyl sites for hydroxylation is 2. The molecule has 0 radical (unpaired) electrons. The second-order valence-corrected chi connectivity index (χ2v) is 4.63. The van der Waals surface area contributed by atoms with E-state index >= 15 is 0 Å². The third kappa shape index (κ3) is 4.79. The van der Waals surface area contributed by atoms with Gasteiger partial charge in [0, 0.05) is 13.1 Å². The fraction of sp³-hybridized carbons (Fsp3) is 0.545. The minimum absolute atomic E-state index is 0.160. The average Bonchev–Trinajstić information content (AvgIpc) is 2.57. The maximum atomic E-state index is 11.6. The number of carbonyl (C=O) groups is 2. The highest BCUT2D eigenvalue weighted by Gasteiger charge is 2.08. The van der Waals surface area contributed by atoms with Crippen molar-refractivity contribution in [2.45, 2.75) is 13.8 Å². The molecule has 1 aromatic rings. The van der Waals surface area contributed by atoms with Crippen LogP contribution in [0.15, 0.2) is 6.07 Å². The number of thioether (sulfide) groups is 1. The molecule has 1 aromatic heterocycles. The molecule has 1 heterocycles. The Morgan fingerprint density at radius 1 is 1.50 bits per heavy atom. The van der Waals surface area contributed by atoms with Crippen LogP contribution in [0, 0.1) is 6.92 Å². The topological polar surface area (TPSA) is 73.2 Å². The normalized spacial score (nSPS) is 10.2. The number of nitrogens with zero attached hydrogens (tertiary/aromatic N) is 2. The van der Waals surface area contributed by atoms with Gasteiger partial charge in [-0.1, -0.05) is 0 Å². The number of aromatic nitrogens is 2. The fourth-order valence-corrected chi connectivity index (χ4v) is 1.95. The van der Waals surface area contributed by atoms with Crippen LogP contribution in [0.4, 0.5) is 5.82 Å². The summed E-state index contributed by atoms with van der Waals surface area (Å²) >= 11 is 1.23. The number of nitrogens with one attached hydrogen (secondary N) is 1. The molecule has 1 amide bonds. The lowest BCUT2D eigenvalue weighted by molar-refractivity contribution is -0.139. The second kappa shape index (κ2) is 7.05. The fourth-order valence-electron chi connectivity index (χ4n) is 1.34. The molecule has 18 heavy (non-hydrogen) atoms. The van der Waals surface area contributed by atoms with Gasteiger partial charge in [0.25, 0.3) is 0 Å². The summed E-state index contributed by atoms with van der Waals surface area (Å²) in [6.07, 6.45) is 0. The van der Waals surface area contributed by atoms with Crippen molar-refractivity contribution in [3.05, 3.63) is 11.8 Å². The molecule has 6 nitrogen and oxygen atoms in total. The summed E-state index contributed by atoms with van der Waals surface area (Å²) in [7, 11) is 1.76. The van der Waals surface area contributed by atoms with E-state index < -0.39 is 0 Å². The van der Waals surface area contributed by atoms with E-state index in [2.05, 4.69) is 10.4 Å². The summed E-state index contributed by atoms with van der Waals surface area (Å²) in [6, 6.07) is 1.79. The van der Waals surface area contributed by atoms with Crippen LogP contribution in [-0.4, -0.2) is 39.8 Å². The Labute approximate surface area is 110 Å². The van der Waals surface area contributed by atoms with Gasteiger partial charge in [0.05, 0.1) is 23.8 Å². The number of anilines is 1. The Bertz CT molecular complexity index is 431. The highest BCUT2D eigenvalue weighted by atomic mass is 32.2. The average molecular weight is 271 g/mol. The van der Waals surface area contributed by atoms with E-state index in [4.69, 9.17) is 4.74 Å². The number of carbonyl (C=O) groups excluding carboxylic acids is 2. The van der Waals surface area contributed by atoms with Crippen LogP contribution < -0.4 is 5.32 Å². The van der Waals surface area contributed by atoms with Crippen LogP contribution >= 0.6 is 11.8 Å². The van der Waals surface area contributed by atoms with Crippen LogP contribution in [0.1, 0.15) is 12.6 Å².